The molecule has 0 heterocycles. The number of benzene rings is 1. The Morgan fingerprint density at radius 2 is 1.87 bits per heavy atom. The molecule has 0 fully saturated rings. The number of halogens is 2. The molecule has 1 atom stereocenters. The summed E-state index contributed by atoms with van der Waals surface area (Å²) in [6, 6.07) is 8.58. The maximum absolute atomic E-state index is 3.40. The van der Waals surface area contributed by atoms with Crippen molar-refractivity contribution >= 4 is 6.08 Å². The van der Waals surface area contributed by atoms with Crippen LogP contribution in [-0.4, -0.2) is 0 Å². The van der Waals surface area contributed by atoms with Crippen LogP contribution in [0.5, 0.6) is 0 Å². The van der Waals surface area contributed by atoms with Crippen molar-refractivity contribution in [1.29, 1.82) is 0 Å². The summed E-state index contributed by atoms with van der Waals surface area (Å²) in [5, 5.41) is 0. The summed E-state index contributed by atoms with van der Waals surface area (Å²) >= 11 is 0. The van der Waals surface area contributed by atoms with E-state index in [1.165, 1.54) is 24.0 Å². The molecule has 2 rings (SSSR count). The molecule has 1 aliphatic carbocycles. The summed E-state index contributed by atoms with van der Waals surface area (Å²) < 4.78 is 0. The molecule has 0 aliphatic heterocycles. The van der Waals surface area contributed by atoms with E-state index in [9.17, 15) is 0 Å². The molecule has 1 aliphatic rings. The van der Waals surface area contributed by atoms with Crippen molar-refractivity contribution in [2.24, 2.45) is 0 Å². The molecule has 3 heteroatoms. The molecule has 0 amide bonds. The standard InChI is InChI=1S/C12H13.2BrH.Hf/c1-2-5-10-8-9-11-6-3-4-7-12(10)11;;;/h3-4,6-7,9-10H,2,5H2,1H3;2*1H;/q-1;;;/p-2. The molecule has 1 aromatic rings. The van der Waals surface area contributed by atoms with Crippen LogP contribution in [0.1, 0.15) is 36.8 Å². The van der Waals surface area contributed by atoms with Gasteiger partial charge in [-0.2, -0.15) is 5.56 Å². The van der Waals surface area contributed by atoms with Crippen molar-refractivity contribution in [3.63, 3.8) is 0 Å². The molecule has 0 bridgehead atoms. The number of allylic oxidation sites excluding steroid dienone is 1. The van der Waals surface area contributed by atoms with E-state index in [4.69, 9.17) is 0 Å². The van der Waals surface area contributed by atoms with Crippen LogP contribution in [0.4, 0.5) is 0 Å². The van der Waals surface area contributed by atoms with Crippen molar-refractivity contribution in [3.8, 4) is 0 Å². The number of fused-ring (bicyclic) bond motifs is 1. The van der Waals surface area contributed by atoms with E-state index in [1.54, 1.807) is 0 Å². The van der Waals surface area contributed by atoms with E-state index in [0.29, 0.717) is 5.92 Å². The van der Waals surface area contributed by atoms with Gasteiger partial charge in [0, 0.05) is 25.8 Å². The first kappa shape index (κ1) is 18.2. The van der Waals surface area contributed by atoms with Gasteiger partial charge in [0.2, 0.25) is 0 Å². The van der Waals surface area contributed by atoms with Crippen LogP contribution < -0.4 is 34.0 Å². The first-order valence-corrected chi connectivity index (χ1v) is 4.60. The topological polar surface area (TPSA) is 0 Å². The normalized spacial score (nSPS) is 15.7. The molecule has 0 aromatic heterocycles. The number of rotatable bonds is 2. The Morgan fingerprint density at radius 3 is 2.53 bits per heavy atom. The smallest absolute Gasteiger partial charge is 0 e. The second-order valence-electron chi connectivity index (χ2n) is 3.28. The van der Waals surface area contributed by atoms with Gasteiger partial charge < -0.3 is 34.0 Å². The fraction of sp³-hybridized carbons (Fsp3) is 0.333. The van der Waals surface area contributed by atoms with Gasteiger partial charge in [-0.05, 0) is 0 Å². The van der Waals surface area contributed by atoms with Gasteiger partial charge in [-0.3, -0.25) is 6.08 Å². The van der Waals surface area contributed by atoms with E-state index in [0.717, 1.165) is 0 Å². The monoisotopic (exact) mass is 495 g/mol. The quantitative estimate of drug-likeness (QED) is 0.312. The third kappa shape index (κ3) is 4.27. The molecule has 1 unspecified atom stereocenters. The van der Waals surface area contributed by atoms with Gasteiger partial charge in [0.05, 0.1) is 0 Å². The summed E-state index contributed by atoms with van der Waals surface area (Å²) in [5.41, 5.74) is 2.82. The van der Waals surface area contributed by atoms with Crippen LogP contribution in [0, 0.1) is 6.08 Å². The van der Waals surface area contributed by atoms with Crippen LogP contribution >= 0.6 is 0 Å². The summed E-state index contributed by atoms with van der Waals surface area (Å²) in [4.78, 5) is 0. The zero-order valence-electron chi connectivity index (χ0n) is 8.63. The van der Waals surface area contributed by atoms with Crippen LogP contribution in [0.25, 0.3) is 6.08 Å². The Labute approximate surface area is 132 Å². The van der Waals surface area contributed by atoms with E-state index in [-0.39, 0.29) is 59.8 Å². The molecule has 0 spiro atoms. The molecule has 0 nitrogen and oxygen atoms in total. The van der Waals surface area contributed by atoms with Crippen LogP contribution in [0.15, 0.2) is 24.3 Å². The Hall–Kier alpha value is 0.790. The summed E-state index contributed by atoms with van der Waals surface area (Å²) in [7, 11) is 0. The zero-order valence-corrected chi connectivity index (χ0v) is 15.4. The minimum Gasteiger partial charge on any atom is -1.00 e. The van der Waals surface area contributed by atoms with E-state index in [1.807, 2.05) is 0 Å². The molecular formula is C12H13Br2Hf-3. The van der Waals surface area contributed by atoms with Gasteiger partial charge >= 0.3 is 0 Å². The van der Waals surface area contributed by atoms with Gasteiger partial charge in [-0.1, -0.05) is 43.9 Å². The fourth-order valence-electron chi connectivity index (χ4n) is 1.77. The van der Waals surface area contributed by atoms with Crippen molar-refractivity contribution in [3.05, 3.63) is 41.5 Å². The Morgan fingerprint density at radius 1 is 1.20 bits per heavy atom. The maximum atomic E-state index is 3.40. The second kappa shape index (κ2) is 8.89. The van der Waals surface area contributed by atoms with Gasteiger partial charge in [-0.15, -0.1) is 11.6 Å². The molecule has 1 aromatic carbocycles. The van der Waals surface area contributed by atoms with E-state index >= 15 is 0 Å². The fourth-order valence-corrected chi connectivity index (χ4v) is 1.77. The van der Waals surface area contributed by atoms with Gasteiger partial charge in [0.15, 0.2) is 0 Å². The van der Waals surface area contributed by atoms with Crippen LogP contribution in [0.2, 0.25) is 0 Å². The number of hydrogen-bond acceptors (Lipinski definition) is 0. The Balaban J connectivity index is 0. The molecule has 15 heavy (non-hydrogen) atoms. The van der Waals surface area contributed by atoms with Crippen molar-refractivity contribution < 1.29 is 59.8 Å². The van der Waals surface area contributed by atoms with Crippen molar-refractivity contribution in [1.82, 2.24) is 0 Å². The maximum Gasteiger partial charge on any atom is 0 e. The van der Waals surface area contributed by atoms with Gasteiger partial charge in [-0.25, -0.2) is 6.08 Å². The van der Waals surface area contributed by atoms with Crippen molar-refractivity contribution in [2.75, 3.05) is 0 Å². The first-order chi connectivity index (χ1) is 5.92. The summed E-state index contributed by atoms with van der Waals surface area (Å²) in [6.07, 6.45) is 7.98. The molecule has 0 N–H and O–H groups in total. The average molecular weight is 496 g/mol. The van der Waals surface area contributed by atoms with Crippen molar-refractivity contribution in [2.45, 2.75) is 25.7 Å². The molecular weight excluding hydrogens is 482 g/mol. The first-order valence-electron chi connectivity index (χ1n) is 4.60. The predicted octanol–water partition coefficient (Wildman–Crippen LogP) is -2.59. The summed E-state index contributed by atoms with van der Waals surface area (Å²) in [6.45, 7) is 2.22. The van der Waals surface area contributed by atoms with E-state index in [2.05, 4.69) is 43.3 Å². The summed E-state index contributed by atoms with van der Waals surface area (Å²) in [5.74, 6) is 0.561. The Bertz CT molecular complexity index is 310. The third-order valence-electron chi connectivity index (χ3n) is 2.39. The average Bonchev–Trinajstić information content (AvgIpc) is 2.50. The molecule has 82 valence electrons. The van der Waals surface area contributed by atoms with Crippen LogP contribution in [0.3, 0.4) is 0 Å². The predicted molar refractivity (Wildman–Crippen MR) is 51.8 cm³/mol. The Kier molecular flexibility index (Phi) is 10.8. The zero-order chi connectivity index (χ0) is 8.39. The number of hydrogen-bond donors (Lipinski definition) is 0. The van der Waals surface area contributed by atoms with Gasteiger partial charge in [0.25, 0.3) is 0 Å². The van der Waals surface area contributed by atoms with Crippen LogP contribution in [-0.2, 0) is 25.8 Å². The SMILES string of the molecule is CCCC1[C-]=Cc2ccccc21.[Br-].[Br-].[Hf]. The molecule has 0 radical (unpaired) electrons. The minimum absolute atomic E-state index is 0. The van der Waals surface area contributed by atoms with Gasteiger partial charge in [0.1, 0.15) is 0 Å². The molecule has 0 saturated carbocycles. The second-order valence-corrected chi connectivity index (χ2v) is 3.28. The largest absolute Gasteiger partial charge is 1.00 e. The third-order valence-corrected chi connectivity index (χ3v) is 2.39. The molecule has 0 saturated heterocycles. The van der Waals surface area contributed by atoms with E-state index < -0.39 is 0 Å². The minimum atomic E-state index is 0.